The zero-order chi connectivity index (χ0) is 32.2. The number of nitrogens with one attached hydrogen (secondary N) is 1. The van der Waals surface area contributed by atoms with E-state index in [0.29, 0.717) is 25.8 Å². The van der Waals surface area contributed by atoms with Crippen molar-refractivity contribution in [3.8, 4) is 11.3 Å². The first-order chi connectivity index (χ1) is 19.9. The lowest BCUT2D eigenvalue weighted by molar-refractivity contribution is -0.155. The molecule has 0 bridgehead atoms. The fourth-order valence-corrected chi connectivity index (χ4v) is 5.54. The number of hydrogen-bond donors (Lipinski definition) is 1. The van der Waals surface area contributed by atoms with E-state index in [2.05, 4.69) is 10.4 Å². The zero-order valence-corrected chi connectivity index (χ0v) is 25.7. The molecule has 2 heterocycles. The summed E-state index contributed by atoms with van der Waals surface area (Å²) in [6.45, 7) is 10.7. The highest BCUT2D eigenvalue weighted by atomic mass is 19.4. The lowest BCUT2D eigenvalue weighted by Gasteiger charge is -2.37. The van der Waals surface area contributed by atoms with Crippen LogP contribution in [0, 0.1) is 0 Å². The molecule has 43 heavy (non-hydrogen) atoms. The van der Waals surface area contributed by atoms with Gasteiger partial charge in [0.2, 0.25) is 0 Å². The molecule has 2 aromatic rings. The molecule has 0 aliphatic carbocycles. The third-order valence-electron chi connectivity index (χ3n) is 7.60. The number of benzene rings is 1. The van der Waals surface area contributed by atoms with Gasteiger partial charge in [-0.05, 0) is 72.1 Å². The number of nitrogens with zero attached hydrogens (tertiary/aromatic N) is 3. The Morgan fingerprint density at radius 1 is 1.12 bits per heavy atom. The molecular formula is C31H43F5N4O3. The highest BCUT2D eigenvalue weighted by molar-refractivity contribution is 5.94. The summed E-state index contributed by atoms with van der Waals surface area (Å²) in [6.07, 6.45) is -3.38. The zero-order valence-electron chi connectivity index (χ0n) is 25.7. The summed E-state index contributed by atoms with van der Waals surface area (Å²) in [5, 5.41) is 7.24. The summed E-state index contributed by atoms with van der Waals surface area (Å²) < 4.78 is 76.9. The van der Waals surface area contributed by atoms with Crippen molar-refractivity contribution in [1.82, 2.24) is 20.0 Å². The number of carbonyl (C=O) groups excluding carboxylic acids is 2. The molecule has 1 aliphatic rings. The van der Waals surface area contributed by atoms with E-state index in [9.17, 15) is 31.5 Å². The molecule has 12 heteroatoms. The van der Waals surface area contributed by atoms with Crippen LogP contribution in [0.1, 0.15) is 102 Å². The molecule has 1 unspecified atom stereocenters. The number of ether oxygens (including phenoxy) is 1. The van der Waals surface area contributed by atoms with Crippen molar-refractivity contribution in [3.05, 3.63) is 41.6 Å². The molecule has 7 nitrogen and oxygen atoms in total. The normalized spacial score (nSPS) is 17.5. The minimum atomic E-state index is -4.62. The molecule has 1 aliphatic heterocycles. The number of piperidine rings is 1. The van der Waals surface area contributed by atoms with Gasteiger partial charge in [0.25, 0.3) is 11.8 Å². The molecule has 0 spiro atoms. The van der Waals surface area contributed by atoms with Crippen LogP contribution in [0.25, 0.3) is 11.3 Å². The first kappa shape index (κ1) is 34.5. The summed E-state index contributed by atoms with van der Waals surface area (Å²) >= 11 is 0. The maximum Gasteiger partial charge on any atom is 0.417 e. The second-order valence-electron chi connectivity index (χ2n) is 12.3. The smallest absolute Gasteiger partial charge is 0.417 e. The van der Waals surface area contributed by atoms with E-state index in [1.54, 1.807) is 32.6 Å². The predicted molar refractivity (Wildman–Crippen MR) is 154 cm³/mol. The summed E-state index contributed by atoms with van der Waals surface area (Å²) in [7, 11) is 0. The van der Waals surface area contributed by atoms with E-state index in [0.717, 1.165) is 6.07 Å². The van der Waals surface area contributed by atoms with Crippen LogP contribution >= 0.6 is 0 Å². The summed E-state index contributed by atoms with van der Waals surface area (Å²) in [4.78, 5) is 28.0. The van der Waals surface area contributed by atoms with Crippen LogP contribution in [0.4, 0.5) is 22.0 Å². The van der Waals surface area contributed by atoms with Crippen LogP contribution in [0.2, 0.25) is 0 Å². The van der Waals surface area contributed by atoms with Gasteiger partial charge in [-0.15, -0.1) is 0 Å². The summed E-state index contributed by atoms with van der Waals surface area (Å²) in [6, 6.07) is 5.01. The number of hydrogen-bond acceptors (Lipinski definition) is 5. The number of esters is 1. The van der Waals surface area contributed by atoms with Gasteiger partial charge >= 0.3 is 12.1 Å². The third kappa shape index (κ3) is 9.48. The molecule has 1 amide bonds. The minimum Gasteiger partial charge on any atom is -0.460 e. The number of rotatable bonds is 11. The highest BCUT2D eigenvalue weighted by Gasteiger charge is 2.38. The molecule has 1 saturated heterocycles. The van der Waals surface area contributed by atoms with Crippen molar-refractivity contribution in [2.75, 3.05) is 13.1 Å². The van der Waals surface area contributed by atoms with Gasteiger partial charge in [0.1, 0.15) is 5.60 Å². The van der Waals surface area contributed by atoms with Gasteiger partial charge in [-0.3, -0.25) is 19.2 Å². The van der Waals surface area contributed by atoms with E-state index in [1.807, 2.05) is 13.8 Å². The van der Waals surface area contributed by atoms with E-state index >= 15 is 0 Å². The third-order valence-corrected chi connectivity index (χ3v) is 7.60. The van der Waals surface area contributed by atoms with E-state index < -0.39 is 53.8 Å². The second-order valence-corrected chi connectivity index (χ2v) is 12.3. The minimum absolute atomic E-state index is 0.0987. The van der Waals surface area contributed by atoms with Crippen molar-refractivity contribution in [2.24, 2.45) is 0 Å². The van der Waals surface area contributed by atoms with Crippen molar-refractivity contribution >= 4 is 11.9 Å². The highest BCUT2D eigenvalue weighted by Crippen LogP contribution is 2.38. The van der Waals surface area contributed by atoms with Gasteiger partial charge in [0, 0.05) is 24.1 Å². The van der Waals surface area contributed by atoms with Crippen molar-refractivity contribution in [3.63, 3.8) is 0 Å². The lowest BCUT2D eigenvalue weighted by Crippen LogP contribution is -2.49. The van der Waals surface area contributed by atoms with E-state index in [4.69, 9.17) is 4.74 Å². The SMILES string of the molecule is CCC(CC)n1nc(C(=O)N[C@H](CC(=O)OC(C)(C)C)CC(C)N2CCCC(F)(F)C2)cc1-c1ccccc1C(F)(F)F. The van der Waals surface area contributed by atoms with Crippen molar-refractivity contribution in [1.29, 1.82) is 0 Å². The van der Waals surface area contributed by atoms with Crippen LogP contribution in [0.15, 0.2) is 30.3 Å². The number of alkyl halides is 5. The number of halogens is 5. The Kier molecular flexibility index (Phi) is 11.0. The number of carbonyl (C=O) groups is 2. The standard InChI is InChI=1S/C31H43F5N4O3/c1-7-22(8-2)40-26(23-12-9-10-13-24(23)31(34,35)36)18-25(38-40)28(42)37-21(17-27(41)43-29(4,5)6)16-20(3)39-15-11-14-30(32,33)19-39/h9-10,12-13,18,20-22H,7-8,11,14-17,19H2,1-6H3,(H,37,42)/t20?,21-/m0/s1. The van der Waals surface area contributed by atoms with Gasteiger partial charge in [-0.25, -0.2) is 8.78 Å². The fourth-order valence-electron chi connectivity index (χ4n) is 5.54. The first-order valence-electron chi connectivity index (χ1n) is 14.8. The van der Waals surface area contributed by atoms with Gasteiger partial charge in [-0.2, -0.15) is 18.3 Å². The summed E-state index contributed by atoms with van der Waals surface area (Å²) in [5.41, 5.74) is -1.67. The average Bonchev–Trinajstić information content (AvgIpc) is 3.32. The molecule has 1 fully saturated rings. The predicted octanol–water partition coefficient (Wildman–Crippen LogP) is 7.27. The molecule has 3 rings (SSSR count). The van der Waals surface area contributed by atoms with Crippen LogP contribution < -0.4 is 5.32 Å². The van der Waals surface area contributed by atoms with Crippen LogP contribution in [0.3, 0.4) is 0 Å². The maximum atomic E-state index is 14.1. The molecule has 1 aromatic carbocycles. The molecule has 0 radical (unpaired) electrons. The number of likely N-dealkylation sites (tertiary alicyclic amines) is 1. The molecule has 0 saturated carbocycles. The van der Waals surface area contributed by atoms with Crippen LogP contribution in [0.5, 0.6) is 0 Å². The Labute approximate surface area is 250 Å². The molecule has 2 atom stereocenters. The second kappa shape index (κ2) is 13.7. The molecule has 240 valence electrons. The van der Waals surface area contributed by atoms with Gasteiger partial charge in [0.15, 0.2) is 5.69 Å². The van der Waals surface area contributed by atoms with Gasteiger partial charge in [0.05, 0.1) is 30.3 Å². The molecular weight excluding hydrogens is 571 g/mol. The van der Waals surface area contributed by atoms with Crippen LogP contribution in [-0.2, 0) is 15.7 Å². The lowest BCUT2D eigenvalue weighted by atomic mass is 9.99. The Balaban J connectivity index is 1.94. The Morgan fingerprint density at radius 3 is 2.35 bits per heavy atom. The van der Waals surface area contributed by atoms with E-state index in [-0.39, 0.29) is 42.3 Å². The van der Waals surface area contributed by atoms with Gasteiger partial charge in [-0.1, -0.05) is 32.0 Å². The monoisotopic (exact) mass is 614 g/mol. The Morgan fingerprint density at radius 2 is 1.77 bits per heavy atom. The largest absolute Gasteiger partial charge is 0.460 e. The first-order valence-corrected chi connectivity index (χ1v) is 14.8. The molecule has 1 N–H and O–H groups in total. The van der Waals surface area contributed by atoms with Gasteiger partial charge < -0.3 is 10.1 Å². The quantitative estimate of drug-likeness (QED) is 0.213. The van der Waals surface area contributed by atoms with E-state index in [1.165, 1.54) is 28.9 Å². The average molecular weight is 615 g/mol. The Hall–Kier alpha value is -3.02. The number of aromatic nitrogens is 2. The topological polar surface area (TPSA) is 76.5 Å². The Bertz CT molecular complexity index is 1250. The van der Waals surface area contributed by atoms with Crippen molar-refractivity contribution in [2.45, 2.75) is 116 Å². The molecule has 1 aromatic heterocycles. The number of amides is 1. The fraction of sp³-hybridized carbons (Fsp3) is 0.645. The summed E-state index contributed by atoms with van der Waals surface area (Å²) in [5.74, 6) is -4.07. The van der Waals surface area contributed by atoms with Crippen molar-refractivity contribution < 1.29 is 36.3 Å². The maximum absolute atomic E-state index is 14.1. The van der Waals surface area contributed by atoms with Crippen LogP contribution in [-0.4, -0.2) is 63.3 Å².